The van der Waals surface area contributed by atoms with E-state index in [1.807, 2.05) is 0 Å². The van der Waals surface area contributed by atoms with Crippen LogP contribution in [0.15, 0.2) is 9.68 Å². The van der Waals surface area contributed by atoms with Crippen LogP contribution in [-0.2, 0) is 22.5 Å². The molecule has 0 unspecified atom stereocenters. The van der Waals surface area contributed by atoms with Gasteiger partial charge >= 0.3 is 5.97 Å². The Bertz CT molecular complexity index is 622. The third kappa shape index (κ3) is 9.14. The van der Waals surface area contributed by atoms with Crippen LogP contribution >= 0.6 is 0 Å². The van der Waals surface area contributed by atoms with Crippen molar-refractivity contribution >= 4 is 11.7 Å². The first-order valence-corrected chi connectivity index (χ1v) is 11.9. The van der Waals surface area contributed by atoms with Gasteiger partial charge in [0.25, 0.3) is 0 Å². The van der Waals surface area contributed by atoms with E-state index < -0.39 is 0 Å². The highest BCUT2D eigenvalue weighted by molar-refractivity contribution is 6.03. The van der Waals surface area contributed by atoms with Gasteiger partial charge in [-0.15, -0.1) is 0 Å². The van der Waals surface area contributed by atoms with Crippen LogP contribution in [0.1, 0.15) is 127 Å². The summed E-state index contributed by atoms with van der Waals surface area (Å²) in [5.41, 5.74) is 2.79. The molecular formula is C24H40N2O3. The standard InChI is InChI=1S/C24H40N2O3/c1-3-4-5-6-7-8-9-10-11-12-13-14-15-17-21-24-22(25-28-20(2)27)18-16-19-23(24)29-26-21/h3-19H2,1-2H3/b25-22+. The van der Waals surface area contributed by atoms with Crippen LogP contribution in [0.4, 0.5) is 0 Å². The molecule has 5 nitrogen and oxygen atoms in total. The maximum atomic E-state index is 11.1. The number of hydrogen-bond acceptors (Lipinski definition) is 5. The normalized spacial score (nSPS) is 14.9. The van der Waals surface area contributed by atoms with Crippen LogP contribution in [0.3, 0.4) is 0 Å². The van der Waals surface area contributed by atoms with Crippen LogP contribution < -0.4 is 0 Å². The summed E-state index contributed by atoms with van der Waals surface area (Å²) in [5.74, 6) is 0.506. The number of rotatable bonds is 15. The van der Waals surface area contributed by atoms with E-state index >= 15 is 0 Å². The molecule has 0 radical (unpaired) electrons. The molecule has 0 atom stereocenters. The summed E-state index contributed by atoms with van der Waals surface area (Å²) in [5, 5.41) is 8.31. The van der Waals surface area contributed by atoms with E-state index in [0.717, 1.165) is 54.8 Å². The van der Waals surface area contributed by atoms with E-state index in [1.165, 1.54) is 84.0 Å². The molecule has 1 aliphatic rings. The lowest BCUT2D eigenvalue weighted by Gasteiger charge is -2.12. The van der Waals surface area contributed by atoms with Gasteiger partial charge in [-0.05, 0) is 25.7 Å². The number of nitrogens with zero attached hydrogens (tertiary/aromatic N) is 2. The largest absolute Gasteiger partial charge is 0.360 e. The average Bonchev–Trinajstić information content (AvgIpc) is 3.13. The highest BCUT2D eigenvalue weighted by atomic mass is 16.7. The fourth-order valence-corrected chi connectivity index (χ4v) is 4.09. The van der Waals surface area contributed by atoms with Crippen molar-refractivity contribution in [3.8, 4) is 0 Å². The van der Waals surface area contributed by atoms with E-state index in [1.54, 1.807) is 0 Å². The molecule has 0 spiro atoms. The van der Waals surface area contributed by atoms with Crippen molar-refractivity contribution in [2.24, 2.45) is 5.16 Å². The second-order valence-electron chi connectivity index (χ2n) is 8.39. The minimum absolute atomic E-state index is 0.390. The van der Waals surface area contributed by atoms with E-state index in [4.69, 9.17) is 9.36 Å². The van der Waals surface area contributed by atoms with Crippen LogP contribution in [0.25, 0.3) is 0 Å². The van der Waals surface area contributed by atoms with Crippen LogP contribution in [-0.4, -0.2) is 16.8 Å². The number of carbonyl (C=O) groups excluding carboxylic acids is 1. The maximum absolute atomic E-state index is 11.1. The highest BCUT2D eigenvalue weighted by Crippen LogP contribution is 2.26. The van der Waals surface area contributed by atoms with Crippen molar-refractivity contribution in [3.63, 3.8) is 0 Å². The van der Waals surface area contributed by atoms with E-state index in [0.29, 0.717) is 0 Å². The van der Waals surface area contributed by atoms with Crippen molar-refractivity contribution < 1.29 is 14.2 Å². The molecule has 0 fully saturated rings. The highest BCUT2D eigenvalue weighted by Gasteiger charge is 2.25. The zero-order chi connectivity index (χ0) is 20.7. The van der Waals surface area contributed by atoms with Gasteiger partial charge in [-0.25, -0.2) is 4.79 Å². The molecule has 0 saturated heterocycles. The van der Waals surface area contributed by atoms with Crippen LogP contribution in [0.5, 0.6) is 0 Å². The van der Waals surface area contributed by atoms with Crippen molar-refractivity contribution in [2.75, 3.05) is 0 Å². The lowest BCUT2D eigenvalue weighted by Crippen LogP contribution is -2.13. The summed E-state index contributed by atoms with van der Waals surface area (Å²) in [6.45, 7) is 3.65. The minimum Gasteiger partial charge on any atom is -0.360 e. The molecule has 0 aromatic carbocycles. The topological polar surface area (TPSA) is 64.7 Å². The second kappa shape index (κ2) is 14.4. The van der Waals surface area contributed by atoms with Crippen LogP contribution in [0, 0.1) is 0 Å². The van der Waals surface area contributed by atoms with Gasteiger partial charge in [0.1, 0.15) is 5.76 Å². The molecule has 29 heavy (non-hydrogen) atoms. The average molecular weight is 405 g/mol. The Labute approximate surface area is 176 Å². The molecule has 1 aromatic rings. The minimum atomic E-state index is -0.390. The lowest BCUT2D eigenvalue weighted by molar-refractivity contribution is -0.140. The van der Waals surface area contributed by atoms with Crippen molar-refractivity contribution in [1.29, 1.82) is 0 Å². The predicted molar refractivity (Wildman–Crippen MR) is 117 cm³/mol. The summed E-state index contributed by atoms with van der Waals surface area (Å²) in [6, 6.07) is 0. The Morgan fingerprint density at radius 1 is 0.931 bits per heavy atom. The summed E-state index contributed by atoms with van der Waals surface area (Å²) >= 11 is 0. The van der Waals surface area contributed by atoms with E-state index in [-0.39, 0.29) is 5.97 Å². The number of aryl methyl sites for hydroxylation is 2. The summed E-state index contributed by atoms with van der Waals surface area (Å²) in [6.07, 6.45) is 21.1. The summed E-state index contributed by atoms with van der Waals surface area (Å²) in [4.78, 5) is 15.9. The molecule has 0 bridgehead atoms. The Balaban J connectivity index is 1.57. The van der Waals surface area contributed by atoms with Crippen molar-refractivity contribution in [2.45, 2.75) is 123 Å². The second-order valence-corrected chi connectivity index (χ2v) is 8.39. The zero-order valence-electron chi connectivity index (χ0n) is 18.6. The monoisotopic (exact) mass is 404 g/mol. The number of fused-ring (bicyclic) bond motifs is 1. The Morgan fingerprint density at radius 3 is 2.10 bits per heavy atom. The fraction of sp³-hybridized carbons (Fsp3) is 0.792. The quantitative estimate of drug-likeness (QED) is 0.181. The van der Waals surface area contributed by atoms with Gasteiger partial charge in [0.05, 0.1) is 17.0 Å². The first kappa shape index (κ1) is 23.6. The smallest absolute Gasteiger partial charge is 0.331 e. The fourth-order valence-electron chi connectivity index (χ4n) is 4.09. The molecule has 1 aromatic heterocycles. The predicted octanol–water partition coefficient (Wildman–Crippen LogP) is 6.91. The molecule has 0 aliphatic heterocycles. The maximum Gasteiger partial charge on any atom is 0.331 e. The molecular weight excluding hydrogens is 364 g/mol. The lowest BCUT2D eigenvalue weighted by atomic mass is 9.93. The number of aromatic nitrogens is 1. The number of hydrogen-bond donors (Lipinski definition) is 0. The molecule has 0 amide bonds. The molecule has 2 rings (SSSR count). The van der Waals surface area contributed by atoms with Gasteiger partial charge in [0.2, 0.25) is 0 Å². The number of oxime groups is 1. The number of unbranched alkanes of at least 4 members (excludes halogenated alkanes) is 12. The third-order valence-corrected chi connectivity index (χ3v) is 5.74. The zero-order valence-corrected chi connectivity index (χ0v) is 18.6. The first-order chi connectivity index (χ1) is 14.2. The van der Waals surface area contributed by atoms with E-state index in [9.17, 15) is 4.79 Å². The van der Waals surface area contributed by atoms with Crippen molar-refractivity contribution in [3.05, 3.63) is 17.0 Å². The van der Waals surface area contributed by atoms with E-state index in [2.05, 4.69) is 17.2 Å². The van der Waals surface area contributed by atoms with Gasteiger partial charge < -0.3 is 9.36 Å². The Kier molecular flexibility index (Phi) is 11.7. The summed E-state index contributed by atoms with van der Waals surface area (Å²) < 4.78 is 5.52. The van der Waals surface area contributed by atoms with Gasteiger partial charge in [0.15, 0.2) is 0 Å². The molecule has 0 N–H and O–H groups in total. The SMILES string of the molecule is CCCCCCCCCCCCCCCc1noc2c1/C(=N/OC(C)=O)CCC2. The van der Waals surface area contributed by atoms with Gasteiger partial charge in [-0.3, -0.25) is 0 Å². The molecule has 0 saturated carbocycles. The number of carbonyl (C=O) groups is 1. The third-order valence-electron chi connectivity index (χ3n) is 5.74. The van der Waals surface area contributed by atoms with Crippen LogP contribution in [0.2, 0.25) is 0 Å². The summed E-state index contributed by atoms with van der Waals surface area (Å²) in [7, 11) is 0. The Morgan fingerprint density at radius 2 is 1.52 bits per heavy atom. The van der Waals surface area contributed by atoms with Gasteiger partial charge in [0, 0.05) is 13.3 Å². The first-order valence-electron chi connectivity index (χ1n) is 11.9. The molecule has 5 heteroatoms. The molecule has 1 heterocycles. The molecule has 1 aliphatic carbocycles. The molecule has 164 valence electrons. The Hall–Kier alpha value is -1.65. The van der Waals surface area contributed by atoms with Gasteiger partial charge in [-0.1, -0.05) is 94.3 Å². The van der Waals surface area contributed by atoms with Gasteiger partial charge in [-0.2, -0.15) is 0 Å². The van der Waals surface area contributed by atoms with Crippen molar-refractivity contribution in [1.82, 2.24) is 5.16 Å².